The molecule has 2 atom stereocenters. The lowest BCUT2D eigenvalue weighted by Gasteiger charge is -2.36. The van der Waals surface area contributed by atoms with Crippen LogP contribution in [0.2, 0.25) is 0 Å². The molecule has 1 fully saturated rings. The highest BCUT2D eigenvalue weighted by Gasteiger charge is 2.31. The van der Waals surface area contributed by atoms with E-state index in [9.17, 15) is 9.59 Å². The van der Waals surface area contributed by atoms with E-state index in [2.05, 4.69) is 0 Å². The smallest absolute Gasteiger partial charge is 0.308 e. The molecule has 3 N–H and O–H groups in total. The largest absolute Gasteiger partial charge is 0.481 e. The van der Waals surface area contributed by atoms with Crippen LogP contribution in [0.1, 0.15) is 19.8 Å². The fraction of sp³-hybridized carbons (Fsp3) is 0.778. The van der Waals surface area contributed by atoms with Gasteiger partial charge in [0.15, 0.2) is 0 Å². The number of aliphatic carboxylic acids is 1. The summed E-state index contributed by atoms with van der Waals surface area (Å²) >= 11 is 0. The van der Waals surface area contributed by atoms with Gasteiger partial charge in [0.05, 0.1) is 12.5 Å². The molecule has 0 aromatic carbocycles. The van der Waals surface area contributed by atoms with Crippen LogP contribution >= 0.6 is 0 Å². The molecule has 5 heteroatoms. The predicted molar refractivity (Wildman–Crippen MR) is 50.6 cm³/mol. The Labute approximate surface area is 82.9 Å². The second-order valence-corrected chi connectivity index (χ2v) is 3.71. The zero-order valence-corrected chi connectivity index (χ0v) is 8.27. The van der Waals surface area contributed by atoms with Gasteiger partial charge >= 0.3 is 5.97 Å². The maximum atomic E-state index is 11.4. The molecule has 0 radical (unpaired) electrons. The molecule has 1 saturated heterocycles. The minimum atomic E-state index is -0.827. The summed E-state index contributed by atoms with van der Waals surface area (Å²) in [5.74, 6) is -1.42. The number of likely N-dealkylation sites (tertiary alicyclic amines) is 1. The summed E-state index contributed by atoms with van der Waals surface area (Å²) in [6.45, 7) is 2.18. The van der Waals surface area contributed by atoms with E-state index in [1.165, 1.54) is 0 Å². The Kier molecular flexibility index (Phi) is 3.46. The number of nitrogens with two attached hydrogens (primary N) is 1. The van der Waals surface area contributed by atoms with Crippen molar-refractivity contribution < 1.29 is 14.7 Å². The maximum Gasteiger partial charge on any atom is 0.308 e. The quantitative estimate of drug-likeness (QED) is 0.638. The van der Waals surface area contributed by atoms with Gasteiger partial charge in [-0.25, -0.2) is 0 Å². The van der Waals surface area contributed by atoms with Crippen LogP contribution in [0, 0.1) is 5.92 Å². The zero-order chi connectivity index (χ0) is 10.7. The summed E-state index contributed by atoms with van der Waals surface area (Å²) in [5.41, 5.74) is 5.25. The molecule has 0 aromatic heterocycles. The highest BCUT2D eigenvalue weighted by atomic mass is 16.4. The van der Waals surface area contributed by atoms with Gasteiger partial charge in [-0.15, -0.1) is 0 Å². The van der Waals surface area contributed by atoms with Gasteiger partial charge in [-0.05, 0) is 19.8 Å². The fourth-order valence-electron chi connectivity index (χ4n) is 1.77. The molecule has 0 aliphatic carbocycles. The van der Waals surface area contributed by atoms with Gasteiger partial charge in [-0.1, -0.05) is 0 Å². The average Bonchev–Trinajstić information content (AvgIpc) is 2.17. The molecule has 1 rings (SSSR count). The first-order chi connectivity index (χ1) is 6.56. The molecule has 5 nitrogen and oxygen atoms in total. The topological polar surface area (TPSA) is 83.6 Å². The predicted octanol–water partition coefficient (Wildman–Crippen LogP) is -0.343. The fourth-order valence-corrected chi connectivity index (χ4v) is 1.77. The number of carbonyl (C=O) groups is 2. The summed E-state index contributed by atoms with van der Waals surface area (Å²) in [6, 6.07) is 0.113. The molecule has 80 valence electrons. The summed E-state index contributed by atoms with van der Waals surface area (Å²) in [4.78, 5) is 23.7. The molecule has 14 heavy (non-hydrogen) atoms. The van der Waals surface area contributed by atoms with Gasteiger partial charge in [0.25, 0.3) is 0 Å². The minimum Gasteiger partial charge on any atom is -0.481 e. The van der Waals surface area contributed by atoms with Gasteiger partial charge < -0.3 is 15.7 Å². The second kappa shape index (κ2) is 4.41. The summed E-state index contributed by atoms with van der Waals surface area (Å²) in [5, 5.41) is 8.83. The van der Waals surface area contributed by atoms with Crippen molar-refractivity contribution in [2.45, 2.75) is 25.8 Å². The van der Waals surface area contributed by atoms with Crippen LogP contribution in [-0.2, 0) is 9.59 Å². The maximum absolute atomic E-state index is 11.4. The molecule has 1 amide bonds. The van der Waals surface area contributed by atoms with Crippen molar-refractivity contribution in [3.63, 3.8) is 0 Å². The Bertz CT molecular complexity index is 242. The van der Waals surface area contributed by atoms with Crippen molar-refractivity contribution in [2.24, 2.45) is 11.7 Å². The lowest BCUT2D eigenvalue weighted by Crippen LogP contribution is -2.49. The highest BCUT2D eigenvalue weighted by Crippen LogP contribution is 2.21. The third kappa shape index (κ3) is 2.23. The first-order valence-electron chi connectivity index (χ1n) is 4.78. The highest BCUT2D eigenvalue weighted by molar-refractivity contribution is 5.79. The van der Waals surface area contributed by atoms with Crippen LogP contribution in [-0.4, -0.2) is 41.0 Å². The number of carboxylic acid groups (broad SMARTS) is 1. The third-order valence-corrected chi connectivity index (χ3v) is 2.73. The van der Waals surface area contributed by atoms with Gasteiger partial charge in [-0.2, -0.15) is 0 Å². The second-order valence-electron chi connectivity index (χ2n) is 3.71. The molecule has 0 saturated carbocycles. The first kappa shape index (κ1) is 11.0. The molecule has 0 bridgehead atoms. The van der Waals surface area contributed by atoms with Crippen molar-refractivity contribution in [3.05, 3.63) is 0 Å². The normalized spacial score (nSPS) is 27.4. The van der Waals surface area contributed by atoms with E-state index < -0.39 is 11.9 Å². The van der Waals surface area contributed by atoms with E-state index in [1.54, 1.807) is 4.90 Å². The number of hydrogen-bond acceptors (Lipinski definition) is 3. The Balaban J connectivity index is 2.64. The first-order valence-corrected chi connectivity index (χ1v) is 4.78. The van der Waals surface area contributed by atoms with Crippen molar-refractivity contribution >= 4 is 11.9 Å². The molecule has 0 aromatic rings. The Morgan fingerprint density at radius 1 is 1.50 bits per heavy atom. The zero-order valence-electron chi connectivity index (χ0n) is 8.27. The Morgan fingerprint density at radius 3 is 2.64 bits per heavy atom. The van der Waals surface area contributed by atoms with Crippen molar-refractivity contribution in [2.75, 3.05) is 13.1 Å². The molecule has 1 aliphatic rings. The molecule has 0 spiro atoms. The number of amides is 1. The van der Waals surface area contributed by atoms with E-state index in [-0.39, 0.29) is 18.5 Å². The van der Waals surface area contributed by atoms with Crippen molar-refractivity contribution in [1.82, 2.24) is 4.90 Å². The van der Waals surface area contributed by atoms with Crippen molar-refractivity contribution in [1.29, 1.82) is 0 Å². The van der Waals surface area contributed by atoms with Crippen LogP contribution in [0.3, 0.4) is 0 Å². The lowest BCUT2D eigenvalue weighted by atomic mass is 9.93. The van der Waals surface area contributed by atoms with Gasteiger partial charge in [0.1, 0.15) is 0 Å². The summed E-state index contributed by atoms with van der Waals surface area (Å²) < 4.78 is 0. The van der Waals surface area contributed by atoms with Gasteiger partial charge in [0.2, 0.25) is 5.91 Å². The Hall–Kier alpha value is -1.10. The van der Waals surface area contributed by atoms with Crippen molar-refractivity contribution in [3.8, 4) is 0 Å². The molecule has 1 heterocycles. The van der Waals surface area contributed by atoms with Crippen LogP contribution in [0.4, 0.5) is 0 Å². The number of carboxylic acids is 1. The summed E-state index contributed by atoms with van der Waals surface area (Å²) in [7, 11) is 0. The SMILES string of the molecule is CC1CCC(C(=O)O)CN1C(=O)CN. The van der Waals surface area contributed by atoms with Gasteiger partial charge in [0, 0.05) is 12.6 Å². The molecule has 2 unspecified atom stereocenters. The average molecular weight is 200 g/mol. The van der Waals surface area contributed by atoms with Crippen LogP contribution in [0.5, 0.6) is 0 Å². The number of hydrogen-bond donors (Lipinski definition) is 2. The van der Waals surface area contributed by atoms with E-state index >= 15 is 0 Å². The van der Waals surface area contributed by atoms with E-state index in [1.807, 2.05) is 6.92 Å². The van der Waals surface area contributed by atoms with Gasteiger partial charge in [-0.3, -0.25) is 9.59 Å². The minimum absolute atomic E-state index is 0.0450. The van der Waals surface area contributed by atoms with E-state index in [0.29, 0.717) is 13.0 Å². The van der Waals surface area contributed by atoms with E-state index in [4.69, 9.17) is 10.8 Å². The standard InChI is InChI=1S/C9H16N2O3/c1-6-2-3-7(9(13)14)5-11(6)8(12)4-10/h6-7H,2-5,10H2,1H3,(H,13,14). The Morgan fingerprint density at radius 2 is 2.14 bits per heavy atom. The molecule has 1 aliphatic heterocycles. The van der Waals surface area contributed by atoms with Crippen LogP contribution in [0.25, 0.3) is 0 Å². The van der Waals surface area contributed by atoms with Crippen LogP contribution < -0.4 is 5.73 Å². The molecular weight excluding hydrogens is 184 g/mol. The summed E-state index contributed by atoms with van der Waals surface area (Å²) in [6.07, 6.45) is 1.38. The monoisotopic (exact) mass is 200 g/mol. The number of piperidine rings is 1. The molecular formula is C9H16N2O3. The number of carbonyl (C=O) groups excluding carboxylic acids is 1. The van der Waals surface area contributed by atoms with E-state index in [0.717, 1.165) is 6.42 Å². The van der Waals surface area contributed by atoms with Crippen LogP contribution in [0.15, 0.2) is 0 Å². The lowest BCUT2D eigenvalue weighted by molar-refractivity contribution is -0.146. The number of nitrogens with zero attached hydrogens (tertiary/aromatic N) is 1. The third-order valence-electron chi connectivity index (χ3n) is 2.73. The number of rotatable bonds is 2.